The highest BCUT2D eigenvalue weighted by molar-refractivity contribution is 6.32. The Bertz CT molecular complexity index is 1220. The number of ketones is 4. The van der Waals surface area contributed by atoms with Gasteiger partial charge < -0.3 is 15.9 Å². The molecule has 0 saturated heterocycles. The number of hydrogen-bond donors (Lipinski definition) is 3. The summed E-state index contributed by atoms with van der Waals surface area (Å²) in [6, 6.07) is 2.15. The number of benzene rings is 1. The zero-order chi connectivity index (χ0) is 25.4. The smallest absolute Gasteiger partial charge is 0.235 e. The Labute approximate surface area is 202 Å². The van der Waals surface area contributed by atoms with Crippen LogP contribution in [0.15, 0.2) is 24.3 Å². The number of fused-ring (bicyclic) bond motifs is 3. The van der Waals surface area contributed by atoms with E-state index in [9.17, 15) is 34.2 Å². The summed E-state index contributed by atoms with van der Waals surface area (Å²) in [6.45, 7) is 0. The Balaban J connectivity index is 1.64. The quantitative estimate of drug-likeness (QED) is 0.412. The number of aliphatic hydroxyl groups is 1. The predicted molar refractivity (Wildman–Crippen MR) is 122 cm³/mol. The van der Waals surface area contributed by atoms with Crippen LogP contribution in [-0.4, -0.2) is 69.9 Å². The highest BCUT2D eigenvalue weighted by atomic mass is 16.3. The van der Waals surface area contributed by atoms with Crippen molar-refractivity contribution in [3.05, 3.63) is 41.0 Å². The van der Waals surface area contributed by atoms with Crippen molar-refractivity contribution < 1.29 is 34.2 Å². The molecule has 9 nitrogen and oxygen atoms in total. The van der Waals surface area contributed by atoms with Gasteiger partial charge in [-0.05, 0) is 62.9 Å². The van der Waals surface area contributed by atoms with Gasteiger partial charge in [0.15, 0.2) is 34.7 Å². The summed E-state index contributed by atoms with van der Waals surface area (Å²) in [5, 5.41) is 22.2. The van der Waals surface area contributed by atoms with Crippen LogP contribution in [0.2, 0.25) is 0 Å². The summed E-state index contributed by atoms with van der Waals surface area (Å²) < 4.78 is 0. The number of primary amides is 1. The van der Waals surface area contributed by atoms with Crippen molar-refractivity contribution in [1.82, 2.24) is 4.90 Å². The number of aromatic hydroxyl groups is 1. The van der Waals surface area contributed by atoms with E-state index in [-0.39, 0.29) is 23.7 Å². The molecule has 5 rings (SSSR count). The second-order valence-corrected chi connectivity index (χ2v) is 10.4. The van der Waals surface area contributed by atoms with Gasteiger partial charge in [-0.15, -0.1) is 0 Å². The molecule has 2 fully saturated rings. The maximum atomic E-state index is 13.8. The lowest BCUT2D eigenvalue weighted by atomic mass is 9.52. The summed E-state index contributed by atoms with van der Waals surface area (Å²) in [5.74, 6) is -10.1. The molecule has 1 aromatic rings. The number of Topliss-reactive ketones (excluding diaryl/α,β-unsaturated/α-hetero) is 4. The number of allylic oxidation sites excluding steroid dienone is 2. The maximum absolute atomic E-state index is 13.8. The van der Waals surface area contributed by atoms with E-state index in [0.717, 1.165) is 18.4 Å². The number of carbonyl (C=O) groups is 5. The van der Waals surface area contributed by atoms with Gasteiger partial charge in [-0.2, -0.15) is 0 Å². The molecule has 0 heterocycles. The molecule has 4 aliphatic carbocycles. The minimum atomic E-state index is -2.70. The standard InChI is InChI=1S/C26H28N2O7/c1-28(2)20-15-10-12-9-14-13(11-5-3-4-6-11)7-8-16(29)18(14)21(30)17(12)23(32)26(15,35)24(33)19(22(20)31)25(27)34/h3,5,7-8,11-12,15,17,19-20,29,35H,4,6,9-10H2,1-2H3,(H2,27,34)/t11?,12-,15-,17?,19?,20-,26-/m0/s1. The highest BCUT2D eigenvalue weighted by Crippen LogP contribution is 2.51. The van der Waals surface area contributed by atoms with Crippen molar-refractivity contribution in [2.24, 2.45) is 29.4 Å². The van der Waals surface area contributed by atoms with Crippen LogP contribution in [0.3, 0.4) is 0 Å². The molecule has 0 radical (unpaired) electrons. The van der Waals surface area contributed by atoms with Gasteiger partial charge in [-0.1, -0.05) is 18.2 Å². The number of hydrogen-bond acceptors (Lipinski definition) is 8. The van der Waals surface area contributed by atoms with Gasteiger partial charge in [0.1, 0.15) is 5.75 Å². The number of phenolic OH excluding ortho intramolecular Hbond substituents is 1. The number of phenols is 1. The fourth-order valence-corrected chi connectivity index (χ4v) is 6.87. The molecule has 4 N–H and O–H groups in total. The molecule has 2 saturated carbocycles. The first kappa shape index (κ1) is 23.6. The van der Waals surface area contributed by atoms with E-state index in [0.29, 0.717) is 12.0 Å². The summed E-state index contributed by atoms with van der Waals surface area (Å²) in [4.78, 5) is 67.3. The van der Waals surface area contributed by atoms with Crippen molar-refractivity contribution in [2.75, 3.05) is 14.1 Å². The van der Waals surface area contributed by atoms with Gasteiger partial charge in [-0.25, -0.2) is 0 Å². The first-order chi connectivity index (χ1) is 16.5. The van der Waals surface area contributed by atoms with Crippen LogP contribution in [0, 0.1) is 23.7 Å². The zero-order valence-corrected chi connectivity index (χ0v) is 19.6. The Kier molecular flexibility index (Phi) is 5.34. The van der Waals surface area contributed by atoms with E-state index in [1.54, 1.807) is 20.2 Å². The monoisotopic (exact) mass is 480 g/mol. The van der Waals surface area contributed by atoms with Crippen LogP contribution < -0.4 is 5.73 Å². The molecule has 35 heavy (non-hydrogen) atoms. The summed E-state index contributed by atoms with van der Waals surface area (Å²) in [5.41, 5.74) is 4.28. The highest BCUT2D eigenvalue weighted by Gasteiger charge is 2.69. The van der Waals surface area contributed by atoms with E-state index in [1.807, 2.05) is 0 Å². The first-order valence-corrected chi connectivity index (χ1v) is 11.9. The van der Waals surface area contributed by atoms with Crippen molar-refractivity contribution in [1.29, 1.82) is 0 Å². The van der Waals surface area contributed by atoms with E-state index >= 15 is 0 Å². The molecular weight excluding hydrogens is 452 g/mol. The van der Waals surface area contributed by atoms with Crippen LogP contribution in [0.25, 0.3) is 0 Å². The third-order valence-corrected chi connectivity index (χ3v) is 8.39. The van der Waals surface area contributed by atoms with Gasteiger partial charge in [0, 0.05) is 11.8 Å². The summed E-state index contributed by atoms with van der Waals surface area (Å²) in [7, 11) is 3.13. The predicted octanol–water partition coefficient (Wildman–Crippen LogP) is 0.301. The van der Waals surface area contributed by atoms with Crippen LogP contribution in [0.4, 0.5) is 0 Å². The third kappa shape index (κ3) is 3.11. The number of likely N-dealkylation sites (N-methyl/N-ethyl adjacent to an activating group) is 1. The Morgan fingerprint density at radius 1 is 1.14 bits per heavy atom. The Hall–Kier alpha value is -3.17. The van der Waals surface area contributed by atoms with E-state index in [4.69, 9.17) is 5.73 Å². The van der Waals surface area contributed by atoms with Crippen molar-refractivity contribution in [3.63, 3.8) is 0 Å². The van der Waals surface area contributed by atoms with Crippen molar-refractivity contribution >= 4 is 29.0 Å². The first-order valence-electron chi connectivity index (χ1n) is 11.9. The number of nitrogens with zero attached hydrogens (tertiary/aromatic N) is 1. The summed E-state index contributed by atoms with van der Waals surface area (Å²) in [6.07, 6.45) is 6.26. The molecular formula is C26H28N2O7. The average molecular weight is 481 g/mol. The molecule has 1 aromatic carbocycles. The fraction of sp³-hybridized carbons (Fsp3) is 0.500. The molecule has 7 atom stereocenters. The summed E-state index contributed by atoms with van der Waals surface area (Å²) >= 11 is 0. The largest absolute Gasteiger partial charge is 0.507 e. The molecule has 0 bridgehead atoms. The van der Waals surface area contributed by atoms with Crippen LogP contribution in [0.1, 0.15) is 46.7 Å². The zero-order valence-electron chi connectivity index (χ0n) is 19.6. The van der Waals surface area contributed by atoms with Crippen LogP contribution >= 0.6 is 0 Å². The van der Waals surface area contributed by atoms with Gasteiger partial charge in [-0.3, -0.25) is 28.9 Å². The Morgan fingerprint density at radius 2 is 1.86 bits per heavy atom. The van der Waals surface area contributed by atoms with E-state index in [1.165, 1.54) is 11.0 Å². The molecule has 184 valence electrons. The molecule has 9 heteroatoms. The van der Waals surface area contributed by atoms with Gasteiger partial charge in [0.05, 0.1) is 17.5 Å². The lowest BCUT2D eigenvalue weighted by molar-refractivity contribution is -0.181. The van der Waals surface area contributed by atoms with E-state index in [2.05, 4.69) is 12.2 Å². The number of amides is 1. The number of nitrogens with two attached hydrogens (primary N) is 1. The van der Waals surface area contributed by atoms with Gasteiger partial charge in [0.25, 0.3) is 0 Å². The number of rotatable bonds is 3. The second kappa shape index (κ2) is 7.93. The molecule has 0 aromatic heterocycles. The van der Waals surface area contributed by atoms with Crippen LogP contribution in [-0.2, 0) is 25.6 Å². The molecule has 0 spiro atoms. The van der Waals surface area contributed by atoms with Gasteiger partial charge >= 0.3 is 0 Å². The average Bonchev–Trinajstić information content (AvgIpc) is 3.30. The Morgan fingerprint density at radius 3 is 2.46 bits per heavy atom. The lowest BCUT2D eigenvalue weighted by Gasteiger charge is -2.52. The molecule has 0 aliphatic heterocycles. The van der Waals surface area contributed by atoms with Gasteiger partial charge in [0.2, 0.25) is 5.91 Å². The van der Waals surface area contributed by atoms with E-state index < -0.39 is 64.4 Å². The topological polar surface area (TPSA) is 155 Å². The minimum Gasteiger partial charge on any atom is -0.507 e. The molecule has 3 unspecified atom stereocenters. The van der Waals surface area contributed by atoms with Crippen LogP contribution in [0.5, 0.6) is 5.75 Å². The SMILES string of the molecule is CN(C)[C@@H]1C(=O)C(C(N)=O)C(=O)[C@@]2(O)C(=O)C3C(=O)c4c(O)ccc(C5C=CCC5)c4C[C@H]3C[C@@H]12. The second-order valence-electron chi connectivity index (χ2n) is 10.4. The number of carbonyl (C=O) groups excluding carboxylic acids is 5. The normalized spacial score (nSPS) is 36.2. The lowest BCUT2D eigenvalue weighted by Crippen LogP contribution is -2.74. The third-order valence-electron chi connectivity index (χ3n) is 8.39. The van der Waals surface area contributed by atoms with Crippen molar-refractivity contribution in [2.45, 2.75) is 43.2 Å². The minimum absolute atomic E-state index is 0.0504. The maximum Gasteiger partial charge on any atom is 0.235 e. The van der Waals surface area contributed by atoms with Crippen molar-refractivity contribution in [3.8, 4) is 5.75 Å². The molecule has 1 amide bonds. The fourth-order valence-electron chi connectivity index (χ4n) is 6.87. The molecule has 4 aliphatic rings.